The van der Waals surface area contributed by atoms with E-state index in [0.29, 0.717) is 30.9 Å². The molecule has 0 radical (unpaired) electrons. The molecule has 0 aliphatic heterocycles. The highest BCUT2D eigenvalue weighted by atomic mass is 19.1. The summed E-state index contributed by atoms with van der Waals surface area (Å²) < 4.78 is 13.0. The predicted molar refractivity (Wildman–Crippen MR) is 119 cm³/mol. The van der Waals surface area contributed by atoms with Crippen molar-refractivity contribution in [1.29, 1.82) is 0 Å². The summed E-state index contributed by atoms with van der Waals surface area (Å²) in [6, 6.07) is 12.5. The SMILES string of the molecule is CCN(CC(=O)Nc1ccc(NC(C)=O)cc1)[C@H](C)C(=O)NCCc1ccc(F)cc1. The van der Waals surface area contributed by atoms with Crippen molar-refractivity contribution in [2.75, 3.05) is 30.3 Å². The summed E-state index contributed by atoms with van der Waals surface area (Å²) in [7, 11) is 0. The van der Waals surface area contributed by atoms with Gasteiger partial charge in [-0.05, 0) is 61.9 Å². The molecule has 2 aromatic rings. The van der Waals surface area contributed by atoms with Crippen LogP contribution in [0.1, 0.15) is 26.3 Å². The topological polar surface area (TPSA) is 90.5 Å². The van der Waals surface area contributed by atoms with Crippen molar-refractivity contribution in [2.24, 2.45) is 0 Å². The normalized spacial score (nSPS) is 11.6. The zero-order valence-electron chi connectivity index (χ0n) is 18.1. The molecule has 3 amide bonds. The number of nitrogens with zero attached hydrogens (tertiary/aromatic N) is 1. The van der Waals surface area contributed by atoms with Crippen LogP contribution in [0.4, 0.5) is 15.8 Å². The average Bonchev–Trinajstić information content (AvgIpc) is 2.74. The van der Waals surface area contributed by atoms with Crippen LogP contribution in [0.3, 0.4) is 0 Å². The minimum Gasteiger partial charge on any atom is -0.354 e. The number of halogens is 1. The largest absolute Gasteiger partial charge is 0.354 e. The molecule has 2 aromatic carbocycles. The van der Waals surface area contributed by atoms with Crippen LogP contribution < -0.4 is 16.0 Å². The van der Waals surface area contributed by atoms with Crippen molar-refractivity contribution in [1.82, 2.24) is 10.2 Å². The van der Waals surface area contributed by atoms with Gasteiger partial charge in [0.05, 0.1) is 12.6 Å². The van der Waals surface area contributed by atoms with Crippen molar-refractivity contribution >= 4 is 29.1 Å². The summed E-state index contributed by atoms with van der Waals surface area (Å²) in [5.41, 5.74) is 2.18. The molecule has 8 heteroatoms. The maximum absolute atomic E-state index is 13.0. The molecule has 1 atom stereocenters. The van der Waals surface area contributed by atoms with Gasteiger partial charge in [-0.15, -0.1) is 0 Å². The molecule has 0 aromatic heterocycles. The molecule has 0 unspecified atom stereocenters. The first kappa shape index (κ1) is 24.0. The number of anilines is 2. The third-order valence-corrected chi connectivity index (χ3v) is 4.80. The Labute approximate surface area is 182 Å². The summed E-state index contributed by atoms with van der Waals surface area (Å²) >= 11 is 0. The lowest BCUT2D eigenvalue weighted by atomic mass is 10.1. The molecule has 0 saturated heterocycles. The number of benzene rings is 2. The van der Waals surface area contributed by atoms with Gasteiger partial charge < -0.3 is 16.0 Å². The zero-order chi connectivity index (χ0) is 22.8. The van der Waals surface area contributed by atoms with E-state index in [4.69, 9.17) is 0 Å². The van der Waals surface area contributed by atoms with Gasteiger partial charge in [-0.25, -0.2) is 4.39 Å². The van der Waals surface area contributed by atoms with Crippen LogP contribution in [-0.4, -0.2) is 48.3 Å². The van der Waals surface area contributed by atoms with Crippen LogP contribution in [0.15, 0.2) is 48.5 Å². The zero-order valence-corrected chi connectivity index (χ0v) is 18.1. The summed E-state index contributed by atoms with van der Waals surface area (Å²) in [5.74, 6) is -0.862. The molecule has 0 bridgehead atoms. The van der Waals surface area contributed by atoms with E-state index in [-0.39, 0.29) is 30.1 Å². The highest BCUT2D eigenvalue weighted by molar-refractivity contribution is 5.93. The van der Waals surface area contributed by atoms with E-state index in [1.807, 2.05) is 6.92 Å². The van der Waals surface area contributed by atoms with E-state index in [1.54, 1.807) is 48.2 Å². The number of carbonyl (C=O) groups excluding carboxylic acids is 3. The van der Waals surface area contributed by atoms with Crippen LogP contribution in [-0.2, 0) is 20.8 Å². The van der Waals surface area contributed by atoms with Crippen LogP contribution in [0, 0.1) is 5.82 Å². The first-order chi connectivity index (χ1) is 14.8. The van der Waals surface area contributed by atoms with E-state index < -0.39 is 6.04 Å². The predicted octanol–water partition coefficient (Wildman–Crippen LogP) is 2.79. The second-order valence-corrected chi connectivity index (χ2v) is 7.21. The van der Waals surface area contributed by atoms with E-state index in [9.17, 15) is 18.8 Å². The fourth-order valence-corrected chi connectivity index (χ4v) is 3.04. The highest BCUT2D eigenvalue weighted by Gasteiger charge is 2.22. The first-order valence-corrected chi connectivity index (χ1v) is 10.2. The Hall–Kier alpha value is -3.26. The Morgan fingerprint density at radius 3 is 2.10 bits per heavy atom. The fraction of sp³-hybridized carbons (Fsp3) is 0.348. The van der Waals surface area contributed by atoms with Crippen LogP contribution in [0.25, 0.3) is 0 Å². The molecular formula is C23H29FN4O3. The van der Waals surface area contributed by atoms with Crippen molar-refractivity contribution in [2.45, 2.75) is 33.2 Å². The van der Waals surface area contributed by atoms with Gasteiger partial charge in [0.2, 0.25) is 17.7 Å². The lowest BCUT2D eigenvalue weighted by Crippen LogP contribution is -2.48. The van der Waals surface area contributed by atoms with Gasteiger partial charge in [-0.3, -0.25) is 19.3 Å². The van der Waals surface area contributed by atoms with Gasteiger partial charge in [0.25, 0.3) is 0 Å². The molecular weight excluding hydrogens is 399 g/mol. The molecule has 31 heavy (non-hydrogen) atoms. The number of likely N-dealkylation sites (N-methyl/N-ethyl adjacent to an activating group) is 1. The van der Waals surface area contributed by atoms with Crippen molar-refractivity contribution in [3.05, 3.63) is 59.9 Å². The summed E-state index contributed by atoms with van der Waals surface area (Å²) in [5, 5.41) is 8.32. The highest BCUT2D eigenvalue weighted by Crippen LogP contribution is 2.13. The number of hydrogen-bond acceptors (Lipinski definition) is 4. The minimum atomic E-state index is -0.480. The molecule has 0 aliphatic carbocycles. The van der Waals surface area contributed by atoms with E-state index >= 15 is 0 Å². The van der Waals surface area contributed by atoms with Gasteiger partial charge in [0, 0.05) is 24.8 Å². The average molecular weight is 429 g/mol. The number of amides is 3. The van der Waals surface area contributed by atoms with E-state index in [0.717, 1.165) is 5.56 Å². The summed E-state index contributed by atoms with van der Waals surface area (Å²) in [6.07, 6.45) is 0.597. The van der Waals surface area contributed by atoms with Gasteiger partial charge in [-0.1, -0.05) is 19.1 Å². The molecule has 0 heterocycles. The Balaban J connectivity index is 1.81. The van der Waals surface area contributed by atoms with Gasteiger partial charge >= 0.3 is 0 Å². The van der Waals surface area contributed by atoms with E-state index in [1.165, 1.54) is 19.1 Å². The molecule has 2 rings (SSSR count). The molecule has 166 valence electrons. The third-order valence-electron chi connectivity index (χ3n) is 4.80. The molecule has 0 fully saturated rings. The van der Waals surface area contributed by atoms with Gasteiger partial charge in [0.15, 0.2) is 0 Å². The second-order valence-electron chi connectivity index (χ2n) is 7.21. The maximum atomic E-state index is 13.0. The number of hydrogen-bond donors (Lipinski definition) is 3. The van der Waals surface area contributed by atoms with Crippen LogP contribution >= 0.6 is 0 Å². The smallest absolute Gasteiger partial charge is 0.238 e. The number of nitrogens with one attached hydrogen (secondary N) is 3. The monoisotopic (exact) mass is 428 g/mol. The van der Waals surface area contributed by atoms with E-state index in [2.05, 4.69) is 16.0 Å². The fourth-order valence-electron chi connectivity index (χ4n) is 3.04. The quantitative estimate of drug-likeness (QED) is 0.543. The van der Waals surface area contributed by atoms with Crippen molar-refractivity contribution in [3.8, 4) is 0 Å². The Morgan fingerprint density at radius 2 is 1.55 bits per heavy atom. The van der Waals surface area contributed by atoms with Crippen LogP contribution in [0.2, 0.25) is 0 Å². The molecule has 0 saturated carbocycles. The number of rotatable bonds is 10. The Morgan fingerprint density at radius 1 is 0.968 bits per heavy atom. The molecule has 0 spiro atoms. The lowest BCUT2D eigenvalue weighted by molar-refractivity contribution is -0.127. The summed E-state index contributed by atoms with van der Waals surface area (Å²) in [6.45, 7) is 6.09. The second kappa shape index (κ2) is 11.8. The molecule has 3 N–H and O–H groups in total. The first-order valence-electron chi connectivity index (χ1n) is 10.2. The van der Waals surface area contributed by atoms with Crippen molar-refractivity contribution < 1.29 is 18.8 Å². The van der Waals surface area contributed by atoms with Gasteiger partial charge in [0.1, 0.15) is 5.82 Å². The Bertz CT molecular complexity index is 885. The summed E-state index contributed by atoms with van der Waals surface area (Å²) in [4.78, 5) is 37.7. The standard InChI is InChI=1S/C23H29FN4O3/c1-4-28(15-22(30)27-21-11-9-20(10-12-21)26-17(3)29)16(2)23(31)25-14-13-18-5-7-19(24)8-6-18/h5-12,16H,4,13-15H2,1-3H3,(H,25,31)(H,26,29)(H,27,30)/t16-/m1/s1. The Kier molecular flexibility index (Phi) is 9.14. The molecule has 0 aliphatic rings. The minimum absolute atomic E-state index is 0.0660. The maximum Gasteiger partial charge on any atom is 0.238 e. The van der Waals surface area contributed by atoms with Gasteiger partial charge in [-0.2, -0.15) is 0 Å². The van der Waals surface area contributed by atoms with Crippen molar-refractivity contribution in [3.63, 3.8) is 0 Å². The third kappa shape index (κ3) is 8.18. The molecule has 7 nitrogen and oxygen atoms in total. The number of carbonyl (C=O) groups is 3. The van der Waals surface area contributed by atoms with Crippen LogP contribution in [0.5, 0.6) is 0 Å². The lowest BCUT2D eigenvalue weighted by Gasteiger charge is -2.26.